The van der Waals surface area contributed by atoms with E-state index in [0.29, 0.717) is 12.2 Å². The van der Waals surface area contributed by atoms with E-state index in [9.17, 15) is 4.79 Å². The van der Waals surface area contributed by atoms with Crippen LogP contribution in [-0.4, -0.2) is 31.6 Å². The molecule has 1 heterocycles. The average Bonchev–Trinajstić information content (AvgIpc) is 2.71. The smallest absolute Gasteiger partial charge is 0.374 e. The van der Waals surface area contributed by atoms with Gasteiger partial charge in [0.25, 0.3) is 0 Å². The molecule has 0 aliphatic heterocycles. The highest BCUT2D eigenvalue weighted by molar-refractivity contribution is 5.92. The molecule has 0 bridgehead atoms. The van der Waals surface area contributed by atoms with Gasteiger partial charge in [-0.05, 0) is 44.8 Å². The summed E-state index contributed by atoms with van der Waals surface area (Å²) in [5.74, 6) is -0.156. The summed E-state index contributed by atoms with van der Waals surface area (Å²) in [7, 11) is 4.03. The zero-order valence-corrected chi connectivity index (χ0v) is 12.1. The highest BCUT2D eigenvalue weighted by atomic mass is 35.5. The third kappa shape index (κ3) is 3.72. The standard InChI is InChI=1S/C14H17NO3.ClH/c1-4-17-14(16)13-8-11-7-10(9-15(2)3)5-6-12(11)18-13;/h5-8H,4,9H2,1-3H3;1H. The molecule has 5 heteroatoms. The maximum atomic E-state index is 11.6. The highest BCUT2D eigenvalue weighted by Crippen LogP contribution is 2.21. The molecule has 104 valence electrons. The molecular weight excluding hydrogens is 266 g/mol. The summed E-state index contributed by atoms with van der Waals surface area (Å²) in [6.45, 7) is 2.98. The molecule has 0 unspecified atom stereocenters. The lowest BCUT2D eigenvalue weighted by Gasteiger charge is -2.08. The van der Waals surface area contributed by atoms with Gasteiger partial charge in [0, 0.05) is 11.9 Å². The maximum Gasteiger partial charge on any atom is 0.374 e. The molecule has 2 rings (SSSR count). The predicted octanol–water partition coefficient (Wildman–Crippen LogP) is 3.09. The number of nitrogens with zero attached hydrogens (tertiary/aromatic N) is 1. The van der Waals surface area contributed by atoms with Crippen LogP contribution in [0.15, 0.2) is 28.7 Å². The van der Waals surface area contributed by atoms with Gasteiger partial charge in [0.05, 0.1) is 6.61 Å². The van der Waals surface area contributed by atoms with Crippen LogP contribution in [0.5, 0.6) is 0 Å². The molecule has 0 saturated carbocycles. The van der Waals surface area contributed by atoms with Gasteiger partial charge in [0.2, 0.25) is 5.76 Å². The van der Waals surface area contributed by atoms with Crippen LogP contribution in [0.1, 0.15) is 23.0 Å². The first-order valence-electron chi connectivity index (χ1n) is 5.94. The van der Waals surface area contributed by atoms with Gasteiger partial charge >= 0.3 is 5.97 Å². The van der Waals surface area contributed by atoms with Gasteiger partial charge in [-0.15, -0.1) is 12.4 Å². The number of rotatable bonds is 4. The van der Waals surface area contributed by atoms with Crippen molar-refractivity contribution in [2.24, 2.45) is 0 Å². The monoisotopic (exact) mass is 283 g/mol. The largest absolute Gasteiger partial charge is 0.460 e. The van der Waals surface area contributed by atoms with Crippen LogP contribution in [-0.2, 0) is 11.3 Å². The van der Waals surface area contributed by atoms with E-state index in [4.69, 9.17) is 9.15 Å². The molecule has 0 spiro atoms. The van der Waals surface area contributed by atoms with Gasteiger partial charge in [-0.2, -0.15) is 0 Å². The van der Waals surface area contributed by atoms with Crippen molar-refractivity contribution in [2.75, 3.05) is 20.7 Å². The Morgan fingerprint density at radius 2 is 2.05 bits per heavy atom. The molecule has 0 amide bonds. The third-order valence-corrected chi connectivity index (χ3v) is 2.56. The molecular formula is C14H18ClNO3. The molecule has 0 radical (unpaired) electrons. The number of benzene rings is 1. The van der Waals surface area contributed by atoms with Gasteiger partial charge < -0.3 is 14.1 Å². The van der Waals surface area contributed by atoms with E-state index >= 15 is 0 Å². The molecule has 4 nitrogen and oxygen atoms in total. The van der Waals surface area contributed by atoms with Crippen LogP contribution >= 0.6 is 12.4 Å². The summed E-state index contributed by atoms with van der Waals surface area (Å²) in [4.78, 5) is 13.6. The van der Waals surface area contributed by atoms with Crippen molar-refractivity contribution < 1.29 is 13.9 Å². The normalized spacial score (nSPS) is 10.5. The Morgan fingerprint density at radius 1 is 1.32 bits per heavy atom. The fraction of sp³-hybridized carbons (Fsp3) is 0.357. The van der Waals surface area contributed by atoms with Crippen LogP contribution in [0.4, 0.5) is 0 Å². The summed E-state index contributed by atoms with van der Waals surface area (Å²) in [5, 5.41) is 0.928. The van der Waals surface area contributed by atoms with E-state index in [1.807, 2.05) is 32.3 Å². The lowest BCUT2D eigenvalue weighted by atomic mass is 10.1. The van der Waals surface area contributed by atoms with Gasteiger partial charge in [-0.25, -0.2) is 4.79 Å². The summed E-state index contributed by atoms with van der Waals surface area (Å²) >= 11 is 0. The molecule has 1 aromatic heterocycles. The third-order valence-electron chi connectivity index (χ3n) is 2.56. The lowest BCUT2D eigenvalue weighted by molar-refractivity contribution is 0.0492. The fourth-order valence-corrected chi connectivity index (χ4v) is 1.86. The minimum atomic E-state index is -0.414. The number of fused-ring (bicyclic) bond motifs is 1. The van der Waals surface area contributed by atoms with Crippen LogP contribution in [0.25, 0.3) is 11.0 Å². The Balaban J connectivity index is 0.00000180. The fourth-order valence-electron chi connectivity index (χ4n) is 1.86. The Hall–Kier alpha value is -1.52. The number of furan rings is 1. The van der Waals surface area contributed by atoms with Crippen molar-refractivity contribution in [1.29, 1.82) is 0 Å². The van der Waals surface area contributed by atoms with E-state index < -0.39 is 5.97 Å². The van der Waals surface area contributed by atoms with Crippen LogP contribution in [0.2, 0.25) is 0 Å². The van der Waals surface area contributed by atoms with E-state index in [1.165, 1.54) is 5.56 Å². The van der Waals surface area contributed by atoms with Crippen molar-refractivity contribution in [3.63, 3.8) is 0 Å². The maximum absolute atomic E-state index is 11.6. The zero-order chi connectivity index (χ0) is 13.1. The number of carbonyl (C=O) groups excluding carboxylic acids is 1. The lowest BCUT2D eigenvalue weighted by Crippen LogP contribution is -2.10. The topological polar surface area (TPSA) is 42.7 Å². The summed E-state index contributed by atoms with van der Waals surface area (Å²) in [5.41, 5.74) is 1.89. The SMILES string of the molecule is CCOC(=O)c1cc2cc(CN(C)C)ccc2o1.Cl. The number of halogens is 1. The minimum Gasteiger partial charge on any atom is -0.460 e. The second-order valence-electron chi connectivity index (χ2n) is 4.44. The van der Waals surface area contributed by atoms with E-state index in [1.54, 1.807) is 13.0 Å². The van der Waals surface area contributed by atoms with Gasteiger partial charge in [0.15, 0.2) is 0 Å². The number of ether oxygens (including phenoxy) is 1. The summed E-state index contributed by atoms with van der Waals surface area (Å²) in [6, 6.07) is 7.64. The number of hydrogen-bond donors (Lipinski definition) is 0. The molecule has 1 aromatic carbocycles. The molecule has 2 aromatic rings. The molecule has 0 fully saturated rings. The van der Waals surface area contributed by atoms with Crippen molar-refractivity contribution in [2.45, 2.75) is 13.5 Å². The van der Waals surface area contributed by atoms with E-state index in [0.717, 1.165) is 11.9 Å². The zero-order valence-electron chi connectivity index (χ0n) is 11.3. The Labute approximate surface area is 118 Å². The summed E-state index contributed by atoms with van der Waals surface area (Å²) in [6.07, 6.45) is 0. The van der Waals surface area contributed by atoms with E-state index in [2.05, 4.69) is 4.90 Å². The number of carbonyl (C=O) groups is 1. The molecule has 0 aliphatic rings. The Bertz CT molecular complexity index is 563. The van der Waals surface area contributed by atoms with Crippen molar-refractivity contribution in [3.05, 3.63) is 35.6 Å². The average molecular weight is 284 g/mol. The number of hydrogen-bond acceptors (Lipinski definition) is 4. The number of esters is 1. The Kier molecular flexibility index (Phi) is 5.39. The second-order valence-corrected chi connectivity index (χ2v) is 4.44. The first-order valence-corrected chi connectivity index (χ1v) is 5.94. The van der Waals surface area contributed by atoms with Crippen LogP contribution < -0.4 is 0 Å². The van der Waals surface area contributed by atoms with Crippen molar-refractivity contribution in [1.82, 2.24) is 4.90 Å². The molecule has 0 N–H and O–H groups in total. The Morgan fingerprint density at radius 3 is 2.68 bits per heavy atom. The quantitative estimate of drug-likeness (QED) is 0.809. The van der Waals surface area contributed by atoms with Crippen molar-refractivity contribution >= 4 is 29.3 Å². The molecule has 0 saturated heterocycles. The molecule has 0 aliphatic carbocycles. The minimum absolute atomic E-state index is 0. The molecule has 19 heavy (non-hydrogen) atoms. The van der Waals surface area contributed by atoms with Crippen molar-refractivity contribution in [3.8, 4) is 0 Å². The highest BCUT2D eigenvalue weighted by Gasteiger charge is 2.13. The van der Waals surface area contributed by atoms with Crippen LogP contribution in [0.3, 0.4) is 0 Å². The second kappa shape index (κ2) is 6.59. The molecule has 0 atom stereocenters. The van der Waals surface area contributed by atoms with Gasteiger partial charge in [-0.3, -0.25) is 0 Å². The van der Waals surface area contributed by atoms with Gasteiger partial charge in [-0.1, -0.05) is 6.07 Å². The summed E-state index contributed by atoms with van der Waals surface area (Å²) < 4.78 is 10.4. The van der Waals surface area contributed by atoms with E-state index in [-0.39, 0.29) is 18.2 Å². The first-order chi connectivity index (χ1) is 8.60. The van der Waals surface area contributed by atoms with Crippen LogP contribution in [0, 0.1) is 0 Å². The predicted molar refractivity (Wildman–Crippen MR) is 76.8 cm³/mol. The van der Waals surface area contributed by atoms with Gasteiger partial charge in [0.1, 0.15) is 5.58 Å². The first kappa shape index (κ1) is 15.5.